The second-order valence-corrected chi connectivity index (χ2v) is 5.70. The Morgan fingerprint density at radius 3 is 2.90 bits per heavy atom. The summed E-state index contributed by atoms with van der Waals surface area (Å²) in [5.41, 5.74) is 3.80. The number of nitrogens with zero attached hydrogens (tertiary/aromatic N) is 2. The molecule has 4 nitrogen and oxygen atoms in total. The zero-order valence-corrected chi connectivity index (χ0v) is 12.7. The largest absolute Gasteiger partial charge is 0.326 e. The van der Waals surface area contributed by atoms with Gasteiger partial charge in [0.25, 0.3) is 0 Å². The number of thiazole rings is 1. The number of benzene rings is 1. The molecule has 21 heavy (non-hydrogen) atoms. The van der Waals surface area contributed by atoms with Crippen molar-refractivity contribution in [1.29, 1.82) is 0 Å². The van der Waals surface area contributed by atoms with E-state index in [0.29, 0.717) is 6.42 Å². The van der Waals surface area contributed by atoms with E-state index < -0.39 is 0 Å². The van der Waals surface area contributed by atoms with E-state index in [2.05, 4.69) is 15.3 Å². The second kappa shape index (κ2) is 5.61. The topological polar surface area (TPSA) is 54.9 Å². The Morgan fingerprint density at radius 2 is 2.14 bits per heavy atom. The van der Waals surface area contributed by atoms with Gasteiger partial charge in [0.05, 0.1) is 0 Å². The van der Waals surface area contributed by atoms with Crippen LogP contribution in [0.5, 0.6) is 0 Å². The first-order valence-corrected chi connectivity index (χ1v) is 7.62. The molecule has 0 atom stereocenters. The van der Waals surface area contributed by atoms with Crippen LogP contribution < -0.4 is 5.32 Å². The molecule has 2 heterocycles. The quantitative estimate of drug-likeness (QED) is 0.794. The maximum absolute atomic E-state index is 11.6. The van der Waals surface area contributed by atoms with Crippen LogP contribution in [0.1, 0.15) is 18.9 Å². The van der Waals surface area contributed by atoms with Crippen molar-refractivity contribution < 1.29 is 4.79 Å². The average molecular weight is 297 g/mol. The third kappa shape index (κ3) is 2.64. The maximum atomic E-state index is 11.6. The monoisotopic (exact) mass is 297 g/mol. The van der Waals surface area contributed by atoms with Crippen molar-refractivity contribution in [3.63, 3.8) is 0 Å². The molecule has 0 aliphatic heterocycles. The number of aromatic nitrogens is 2. The fourth-order valence-electron chi connectivity index (χ4n) is 2.13. The molecule has 0 radical (unpaired) electrons. The number of hydrogen-bond donors (Lipinski definition) is 1. The van der Waals surface area contributed by atoms with E-state index in [4.69, 9.17) is 0 Å². The zero-order valence-electron chi connectivity index (χ0n) is 11.9. The van der Waals surface area contributed by atoms with Gasteiger partial charge in [-0.05, 0) is 30.7 Å². The molecule has 5 heteroatoms. The third-order valence-corrected chi connectivity index (χ3v) is 4.34. The minimum Gasteiger partial charge on any atom is -0.326 e. The molecular formula is C16H15N3OS. The lowest BCUT2D eigenvalue weighted by Gasteiger charge is -2.10. The SMILES string of the molecule is CCC(=O)Nc1cccc(-c2nc3cccnc3s2)c1C. The van der Waals surface area contributed by atoms with Gasteiger partial charge in [0.2, 0.25) is 5.91 Å². The summed E-state index contributed by atoms with van der Waals surface area (Å²) in [7, 11) is 0. The van der Waals surface area contributed by atoms with Crippen molar-refractivity contribution in [2.75, 3.05) is 5.32 Å². The van der Waals surface area contributed by atoms with Crippen molar-refractivity contribution >= 4 is 33.3 Å². The summed E-state index contributed by atoms with van der Waals surface area (Å²) >= 11 is 1.56. The van der Waals surface area contributed by atoms with Crippen molar-refractivity contribution in [2.24, 2.45) is 0 Å². The highest BCUT2D eigenvalue weighted by Gasteiger charge is 2.12. The number of pyridine rings is 1. The third-order valence-electron chi connectivity index (χ3n) is 3.33. The van der Waals surface area contributed by atoms with Crippen molar-refractivity contribution in [3.8, 4) is 10.6 Å². The molecule has 3 aromatic rings. The second-order valence-electron chi connectivity index (χ2n) is 4.73. The molecule has 0 aliphatic carbocycles. The fraction of sp³-hybridized carbons (Fsp3) is 0.188. The lowest BCUT2D eigenvalue weighted by atomic mass is 10.1. The fourth-order valence-corrected chi connectivity index (χ4v) is 3.12. The van der Waals surface area contributed by atoms with Crippen LogP contribution in [0.2, 0.25) is 0 Å². The lowest BCUT2D eigenvalue weighted by molar-refractivity contribution is -0.115. The molecule has 1 aromatic carbocycles. The maximum Gasteiger partial charge on any atom is 0.224 e. The Kier molecular flexibility index (Phi) is 3.66. The Bertz CT molecular complexity index is 777. The first-order valence-electron chi connectivity index (χ1n) is 6.80. The van der Waals surface area contributed by atoms with Gasteiger partial charge in [0, 0.05) is 23.9 Å². The predicted molar refractivity (Wildman–Crippen MR) is 86.5 cm³/mol. The van der Waals surface area contributed by atoms with Crippen LogP contribution in [-0.4, -0.2) is 15.9 Å². The summed E-state index contributed by atoms with van der Waals surface area (Å²) < 4.78 is 0. The van der Waals surface area contributed by atoms with Crippen LogP contribution in [0.4, 0.5) is 5.69 Å². The Balaban J connectivity index is 2.05. The van der Waals surface area contributed by atoms with E-state index in [0.717, 1.165) is 32.2 Å². The van der Waals surface area contributed by atoms with Gasteiger partial charge in [-0.3, -0.25) is 4.79 Å². The van der Waals surface area contributed by atoms with E-state index >= 15 is 0 Å². The van der Waals surface area contributed by atoms with Gasteiger partial charge >= 0.3 is 0 Å². The van der Waals surface area contributed by atoms with Gasteiger partial charge in [-0.25, -0.2) is 9.97 Å². The van der Waals surface area contributed by atoms with Crippen LogP contribution in [0, 0.1) is 6.92 Å². The summed E-state index contributed by atoms with van der Waals surface area (Å²) in [6.07, 6.45) is 2.24. The van der Waals surface area contributed by atoms with E-state index in [-0.39, 0.29) is 5.91 Å². The van der Waals surface area contributed by atoms with Crippen LogP contribution in [0.3, 0.4) is 0 Å². The zero-order chi connectivity index (χ0) is 14.8. The Morgan fingerprint density at radius 1 is 1.29 bits per heavy atom. The number of carbonyl (C=O) groups excluding carboxylic acids is 1. The van der Waals surface area contributed by atoms with Gasteiger partial charge < -0.3 is 5.32 Å². The normalized spacial score (nSPS) is 10.8. The minimum atomic E-state index is 0.0150. The predicted octanol–water partition coefficient (Wildman–Crippen LogP) is 4.02. The number of nitrogens with one attached hydrogen (secondary N) is 1. The number of rotatable bonds is 3. The summed E-state index contributed by atoms with van der Waals surface area (Å²) in [6.45, 7) is 3.84. The summed E-state index contributed by atoms with van der Waals surface area (Å²) in [4.78, 5) is 21.5. The highest BCUT2D eigenvalue weighted by molar-refractivity contribution is 7.21. The molecule has 0 saturated carbocycles. The van der Waals surface area contributed by atoms with Gasteiger partial charge in [0.15, 0.2) is 0 Å². The van der Waals surface area contributed by atoms with Gasteiger partial charge in [-0.15, -0.1) is 0 Å². The molecule has 2 aromatic heterocycles. The molecule has 3 rings (SSSR count). The molecule has 1 amide bonds. The first-order chi connectivity index (χ1) is 10.2. The van der Waals surface area contributed by atoms with Crippen molar-refractivity contribution in [3.05, 3.63) is 42.1 Å². The molecule has 0 aliphatic rings. The highest BCUT2D eigenvalue weighted by Crippen LogP contribution is 2.33. The number of hydrogen-bond acceptors (Lipinski definition) is 4. The van der Waals surface area contributed by atoms with Gasteiger partial charge in [-0.1, -0.05) is 30.4 Å². The van der Waals surface area contributed by atoms with Gasteiger partial charge in [-0.2, -0.15) is 0 Å². The molecule has 1 N–H and O–H groups in total. The van der Waals surface area contributed by atoms with Gasteiger partial charge in [0.1, 0.15) is 15.4 Å². The summed E-state index contributed by atoms with van der Waals surface area (Å²) in [5.74, 6) is 0.0150. The molecular weight excluding hydrogens is 282 g/mol. The van der Waals surface area contributed by atoms with E-state index in [9.17, 15) is 4.79 Å². The van der Waals surface area contributed by atoms with Crippen LogP contribution >= 0.6 is 11.3 Å². The van der Waals surface area contributed by atoms with Crippen LogP contribution in [-0.2, 0) is 4.79 Å². The first kappa shape index (κ1) is 13.7. The minimum absolute atomic E-state index is 0.0150. The van der Waals surface area contributed by atoms with Crippen LogP contribution in [0.15, 0.2) is 36.5 Å². The smallest absolute Gasteiger partial charge is 0.224 e. The molecule has 0 unspecified atom stereocenters. The molecule has 0 saturated heterocycles. The van der Waals surface area contributed by atoms with E-state index in [1.807, 2.05) is 44.2 Å². The Hall–Kier alpha value is -2.27. The van der Waals surface area contributed by atoms with E-state index in [1.165, 1.54) is 0 Å². The number of fused-ring (bicyclic) bond motifs is 1. The number of anilines is 1. The lowest BCUT2D eigenvalue weighted by Crippen LogP contribution is -2.10. The molecule has 0 bridgehead atoms. The summed E-state index contributed by atoms with van der Waals surface area (Å²) in [5, 5.41) is 3.85. The summed E-state index contributed by atoms with van der Waals surface area (Å²) in [6, 6.07) is 9.72. The number of carbonyl (C=O) groups is 1. The standard InChI is InChI=1S/C16H15N3OS/c1-3-14(20)18-12-7-4-6-11(10(12)2)15-19-13-8-5-9-17-16(13)21-15/h4-9H,3H2,1-2H3,(H,18,20). The van der Waals surface area contributed by atoms with E-state index in [1.54, 1.807) is 17.5 Å². The Labute approximate surface area is 126 Å². The molecule has 0 spiro atoms. The average Bonchev–Trinajstić information content (AvgIpc) is 2.92. The molecule has 106 valence electrons. The van der Waals surface area contributed by atoms with Crippen LogP contribution in [0.25, 0.3) is 20.9 Å². The highest BCUT2D eigenvalue weighted by atomic mass is 32.1. The number of amides is 1. The molecule has 0 fully saturated rings. The van der Waals surface area contributed by atoms with Crippen molar-refractivity contribution in [1.82, 2.24) is 9.97 Å². The van der Waals surface area contributed by atoms with Crippen molar-refractivity contribution in [2.45, 2.75) is 20.3 Å².